The van der Waals surface area contributed by atoms with E-state index in [0.29, 0.717) is 51.1 Å². The molecule has 10 nitrogen and oxygen atoms in total. The molecular weight excluding hydrogens is 558 g/mol. The lowest BCUT2D eigenvalue weighted by Gasteiger charge is -2.26. The molecule has 0 amide bonds. The van der Waals surface area contributed by atoms with Gasteiger partial charge in [-0.05, 0) is 30.7 Å². The first-order chi connectivity index (χ1) is 20.6. The largest absolute Gasteiger partial charge is 0.463 e. The van der Waals surface area contributed by atoms with Gasteiger partial charge in [0.2, 0.25) is 6.79 Å². The minimum absolute atomic E-state index is 0.104. The number of morpholine rings is 1. The van der Waals surface area contributed by atoms with Gasteiger partial charge in [-0.2, -0.15) is 0 Å². The summed E-state index contributed by atoms with van der Waals surface area (Å²) < 4.78 is 30.2. The highest BCUT2D eigenvalue weighted by atomic mass is 32.1. The Hall–Kier alpha value is -4.61. The number of rotatable bonds is 6. The Morgan fingerprint density at radius 3 is 2.69 bits per heavy atom. The summed E-state index contributed by atoms with van der Waals surface area (Å²) >= 11 is 1.24. The molecule has 7 rings (SSSR count). The molecule has 1 unspecified atom stereocenters. The number of thiazole rings is 1. The maximum Gasteiger partial charge on any atom is 0.338 e. The number of carbonyl (C=O) groups excluding carboxylic acids is 1. The predicted octanol–water partition coefficient (Wildman–Crippen LogP) is 3.09. The van der Waals surface area contributed by atoms with E-state index in [1.54, 1.807) is 29.7 Å². The van der Waals surface area contributed by atoms with Crippen molar-refractivity contribution in [2.45, 2.75) is 13.0 Å². The standard InChI is InChI=1S/C31H27N3O7S/c1-2-38-30(36)26-27(19-6-4-3-5-7-19)32-31-34(28(26)20-8-10-22-23(16-20)40-18-39-22)29(35)24(42-31)17-21-9-11-25(41-21)33-12-14-37-15-13-33/h3-11,16-17,28H,2,12-15,18H2,1H3. The molecule has 0 spiro atoms. The van der Waals surface area contributed by atoms with E-state index >= 15 is 0 Å². The van der Waals surface area contributed by atoms with Gasteiger partial charge in [-0.15, -0.1) is 0 Å². The average molecular weight is 586 g/mol. The number of hydrogen-bond acceptors (Lipinski definition) is 10. The molecule has 0 bridgehead atoms. The van der Waals surface area contributed by atoms with Crippen molar-refractivity contribution in [1.82, 2.24) is 4.57 Å². The second-order valence-corrected chi connectivity index (χ2v) is 10.8. The molecule has 0 N–H and O–H groups in total. The van der Waals surface area contributed by atoms with Crippen LogP contribution in [0.2, 0.25) is 0 Å². The highest BCUT2D eigenvalue weighted by Gasteiger charge is 2.36. The highest BCUT2D eigenvalue weighted by molar-refractivity contribution is 7.07. The molecule has 2 aromatic heterocycles. The lowest BCUT2D eigenvalue weighted by molar-refractivity contribution is -0.138. The summed E-state index contributed by atoms with van der Waals surface area (Å²) in [5.74, 6) is 1.88. The van der Waals surface area contributed by atoms with Crippen LogP contribution in [-0.2, 0) is 14.3 Å². The van der Waals surface area contributed by atoms with Crippen LogP contribution in [0.4, 0.5) is 5.88 Å². The third kappa shape index (κ3) is 4.70. The third-order valence-corrected chi connectivity index (χ3v) is 8.28. The van der Waals surface area contributed by atoms with Crippen LogP contribution in [0.25, 0.3) is 11.8 Å². The average Bonchev–Trinajstić information content (AvgIpc) is 3.76. The van der Waals surface area contributed by atoms with Crippen molar-refractivity contribution in [2.75, 3.05) is 44.6 Å². The van der Waals surface area contributed by atoms with Crippen LogP contribution in [-0.4, -0.2) is 50.2 Å². The molecule has 4 aromatic rings. The maximum atomic E-state index is 14.1. The molecule has 2 aromatic carbocycles. The van der Waals surface area contributed by atoms with Gasteiger partial charge in [0.05, 0.1) is 41.7 Å². The van der Waals surface area contributed by atoms with Crippen LogP contribution in [0, 0.1) is 0 Å². The van der Waals surface area contributed by atoms with Crippen molar-refractivity contribution in [3.63, 3.8) is 0 Å². The molecule has 0 saturated carbocycles. The summed E-state index contributed by atoms with van der Waals surface area (Å²) in [6.45, 7) is 4.79. The number of esters is 1. The highest BCUT2D eigenvalue weighted by Crippen LogP contribution is 2.40. The SMILES string of the molecule is CCOC(=O)C1=C(c2ccccc2)N=c2sc(=Cc3ccc(N4CCOCC4)o3)c(=O)n2C1c1ccc2c(c1)OCO2. The molecule has 0 radical (unpaired) electrons. The zero-order chi connectivity index (χ0) is 28.6. The fraction of sp³-hybridized carbons (Fsp3) is 0.258. The van der Waals surface area contributed by atoms with Crippen LogP contribution in [0.5, 0.6) is 11.5 Å². The number of carbonyl (C=O) groups is 1. The van der Waals surface area contributed by atoms with E-state index in [9.17, 15) is 9.59 Å². The zero-order valence-electron chi connectivity index (χ0n) is 22.8. The second-order valence-electron chi connectivity index (χ2n) is 9.82. The first kappa shape index (κ1) is 26.3. The molecule has 0 aliphatic carbocycles. The fourth-order valence-corrected chi connectivity index (χ4v) is 6.32. The van der Waals surface area contributed by atoms with E-state index in [-0.39, 0.29) is 24.5 Å². The maximum absolute atomic E-state index is 14.1. The molecule has 5 heterocycles. The van der Waals surface area contributed by atoms with Crippen molar-refractivity contribution >= 4 is 35.0 Å². The summed E-state index contributed by atoms with van der Waals surface area (Å²) in [7, 11) is 0. The topological polar surface area (TPSA) is 105 Å². The number of aromatic nitrogens is 1. The minimum atomic E-state index is -0.812. The monoisotopic (exact) mass is 585 g/mol. The first-order valence-corrected chi connectivity index (χ1v) is 14.5. The molecule has 1 atom stereocenters. The van der Waals surface area contributed by atoms with Crippen LogP contribution in [0.3, 0.4) is 0 Å². The van der Waals surface area contributed by atoms with Gasteiger partial charge in [-0.1, -0.05) is 47.7 Å². The Balaban J connectivity index is 1.42. The molecule has 42 heavy (non-hydrogen) atoms. The van der Waals surface area contributed by atoms with E-state index in [1.807, 2.05) is 48.5 Å². The Labute approximate surface area is 244 Å². The van der Waals surface area contributed by atoms with Crippen LogP contribution < -0.4 is 29.3 Å². The molecule has 3 aliphatic rings. The summed E-state index contributed by atoms with van der Waals surface area (Å²) in [6.07, 6.45) is 1.72. The lowest BCUT2D eigenvalue weighted by Crippen LogP contribution is -2.40. The summed E-state index contributed by atoms with van der Waals surface area (Å²) in [4.78, 5) is 35.2. The Kier molecular flexibility index (Phi) is 6.88. The Morgan fingerprint density at radius 2 is 1.88 bits per heavy atom. The van der Waals surface area contributed by atoms with Crippen molar-refractivity contribution in [3.05, 3.63) is 103 Å². The third-order valence-electron chi connectivity index (χ3n) is 7.29. The van der Waals surface area contributed by atoms with Crippen LogP contribution in [0.1, 0.15) is 29.9 Å². The zero-order valence-corrected chi connectivity index (χ0v) is 23.6. The summed E-state index contributed by atoms with van der Waals surface area (Å²) in [5, 5.41) is 0. The number of furan rings is 1. The van der Waals surface area contributed by atoms with E-state index in [1.165, 1.54) is 11.3 Å². The smallest absolute Gasteiger partial charge is 0.338 e. The molecule has 1 saturated heterocycles. The second kappa shape index (κ2) is 11.0. The summed E-state index contributed by atoms with van der Waals surface area (Å²) in [6, 6.07) is 17.8. The van der Waals surface area contributed by atoms with Gasteiger partial charge in [0.1, 0.15) is 5.76 Å². The van der Waals surface area contributed by atoms with Crippen LogP contribution in [0.15, 0.2) is 80.4 Å². The predicted molar refractivity (Wildman–Crippen MR) is 155 cm³/mol. The van der Waals surface area contributed by atoms with Crippen molar-refractivity contribution < 1.29 is 28.2 Å². The van der Waals surface area contributed by atoms with Crippen molar-refractivity contribution in [2.24, 2.45) is 4.99 Å². The molecule has 3 aliphatic heterocycles. The number of hydrogen-bond donors (Lipinski definition) is 0. The van der Waals surface area contributed by atoms with E-state index in [2.05, 4.69) is 4.90 Å². The molecule has 11 heteroatoms. The van der Waals surface area contributed by atoms with Gasteiger partial charge >= 0.3 is 5.97 Å². The van der Waals surface area contributed by atoms with Crippen molar-refractivity contribution in [3.8, 4) is 11.5 Å². The number of fused-ring (bicyclic) bond motifs is 2. The van der Waals surface area contributed by atoms with E-state index in [0.717, 1.165) is 24.5 Å². The first-order valence-electron chi connectivity index (χ1n) is 13.7. The Morgan fingerprint density at radius 1 is 1.07 bits per heavy atom. The van der Waals surface area contributed by atoms with Gasteiger partial charge in [0.15, 0.2) is 22.2 Å². The van der Waals surface area contributed by atoms with Crippen molar-refractivity contribution in [1.29, 1.82) is 0 Å². The number of benzene rings is 2. The van der Waals surface area contributed by atoms with Gasteiger partial charge in [0, 0.05) is 30.8 Å². The lowest BCUT2D eigenvalue weighted by atomic mass is 9.93. The quantitative estimate of drug-likeness (QED) is 0.318. The van der Waals surface area contributed by atoms with Gasteiger partial charge < -0.3 is 28.3 Å². The normalized spacial score (nSPS) is 18.2. The van der Waals surface area contributed by atoms with E-state index in [4.69, 9.17) is 28.4 Å². The van der Waals surface area contributed by atoms with E-state index < -0.39 is 12.0 Å². The van der Waals surface area contributed by atoms with Gasteiger partial charge in [-0.3, -0.25) is 9.36 Å². The van der Waals surface area contributed by atoms with Crippen LogP contribution >= 0.6 is 11.3 Å². The summed E-state index contributed by atoms with van der Waals surface area (Å²) in [5.41, 5.74) is 1.85. The van der Waals surface area contributed by atoms with Gasteiger partial charge in [0.25, 0.3) is 5.56 Å². The molecule has 1 fully saturated rings. The molecular formula is C31H27N3O7S. The molecule has 214 valence electrons. The fourth-order valence-electron chi connectivity index (χ4n) is 5.34. The number of ether oxygens (including phenoxy) is 4. The minimum Gasteiger partial charge on any atom is -0.463 e. The number of nitrogens with zero attached hydrogens (tertiary/aromatic N) is 3. The number of anilines is 1. The Bertz CT molecular complexity index is 1870. The van der Waals surface area contributed by atoms with Gasteiger partial charge in [-0.25, -0.2) is 9.79 Å².